The molecule has 6 nitrogen and oxygen atoms in total. The van der Waals surface area contributed by atoms with Crippen molar-refractivity contribution in [1.29, 1.82) is 5.26 Å². The molecule has 6 heteroatoms. The molecule has 0 unspecified atom stereocenters. The van der Waals surface area contributed by atoms with Crippen LogP contribution in [0.15, 0.2) is 47.0 Å². The fraction of sp³-hybridized carbons (Fsp3) is 0.211. The summed E-state index contributed by atoms with van der Waals surface area (Å²) in [6.07, 6.45) is 0. The SMILES string of the molecule is CCOc1cc(C#N)ccc1OCc1nc(-c2cccc(C)c2)no1. The summed E-state index contributed by atoms with van der Waals surface area (Å²) < 4.78 is 16.5. The van der Waals surface area contributed by atoms with Gasteiger partial charge in [-0.2, -0.15) is 10.2 Å². The van der Waals surface area contributed by atoms with E-state index >= 15 is 0 Å². The van der Waals surface area contributed by atoms with Gasteiger partial charge < -0.3 is 14.0 Å². The Labute approximate surface area is 145 Å². The zero-order valence-electron chi connectivity index (χ0n) is 14.0. The largest absolute Gasteiger partial charge is 0.490 e. The van der Waals surface area contributed by atoms with Gasteiger partial charge in [0.25, 0.3) is 5.89 Å². The molecular weight excluding hydrogens is 318 g/mol. The minimum absolute atomic E-state index is 0.116. The molecule has 0 N–H and O–H groups in total. The highest BCUT2D eigenvalue weighted by molar-refractivity contribution is 5.55. The topological polar surface area (TPSA) is 81.2 Å². The van der Waals surface area contributed by atoms with E-state index in [1.165, 1.54) is 0 Å². The average molecular weight is 335 g/mol. The van der Waals surface area contributed by atoms with Crippen molar-refractivity contribution in [2.24, 2.45) is 0 Å². The highest BCUT2D eigenvalue weighted by atomic mass is 16.5. The third kappa shape index (κ3) is 3.96. The van der Waals surface area contributed by atoms with Crippen molar-refractivity contribution in [2.75, 3.05) is 6.61 Å². The lowest BCUT2D eigenvalue weighted by atomic mass is 10.1. The van der Waals surface area contributed by atoms with Gasteiger partial charge in [0.1, 0.15) is 0 Å². The molecule has 25 heavy (non-hydrogen) atoms. The Morgan fingerprint density at radius 2 is 2.00 bits per heavy atom. The molecule has 0 aliphatic carbocycles. The van der Waals surface area contributed by atoms with Gasteiger partial charge in [-0.3, -0.25) is 0 Å². The molecule has 1 aromatic heterocycles. The van der Waals surface area contributed by atoms with Crippen LogP contribution in [0.4, 0.5) is 0 Å². The lowest BCUT2D eigenvalue weighted by Crippen LogP contribution is -2.00. The van der Waals surface area contributed by atoms with Gasteiger partial charge in [-0.15, -0.1) is 0 Å². The Bertz CT molecular complexity index is 912. The van der Waals surface area contributed by atoms with E-state index in [9.17, 15) is 0 Å². The van der Waals surface area contributed by atoms with Crippen LogP contribution in [-0.2, 0) is 6.61 Å². The van der Waals surface area contributed by atoms with Crippen LogP contribution in [0.2, 0.25) is 0 Å². The number of nitriles is 1. The van der Waals surface area contributed by atoms with Crippen LogP contribution in [-0.4, -0.2) is 16.7 Å². The molecule has 2 aromatic carbocycles. The number of ether oxygens (including phenoxy) is 2. The monoisotopic (exact) mass is 335 g/mol. The maximum atomic E-state index is 8.98. The molecule has 3 aromatic rings. The average Bonchev–Trinajstić information content (AvgIpc) is 3.10. The maximum absolute atomic E-state index is 8.98. The number of benzene rings is 2. The van der Waals surface area contributed by atoms with Crippen LogP contribution in [0.1, 0.15) is 23.9 Å². The summed E-state index contributed by atoms with van der Waals surface area (Å²) >= 11 is 0. The number of aryl methyl sites for hydroxylation is 1. The van der Waals surface area contributed by atoms with E-state index in [0.717, 1.165) is 11.1 Å². The molecule has 0 atom stereocenters. The van der Waals surface area contributed by atoms with Crippen LogP contribution < -0.4 is 9.47 Å². The summed E-state index contributed by atoms with van der Waals surface area (Å²) in [6.45, 7) is 4.47. The number of rotatable bonds is 6. The summed E-state index contributed by atoms with van der Waals surface area (Å²) in [5.41, 5.74) is 2.53. The molecule has 0 amide bonds. The van der Waals surface area contributed by atoms with Crippen molar-refractivity contribution in [1.82, 2.24) is 10.1 Å². The summed E-state index contributed by atoms with van der Waals surface area (Å²) in [5.74, 6) is 1.92. The van der Waals surface area contributed by atoms with Gasteiger partial charge in [-0.1, -0.05) is 28.9 Å². The van der Waals surface area contributed by atoms with E-state index in [1.807, 2.05) is 38.1 Å². The Hall–Kier alpha value is -3.33. The minimum Gasteiger partial charge on any atom is -0.490 e. The fourth-order valence-electron chi connectivity index (χ4n) is 2.32. The normalized spacial score (nSPS) is 10.3. The molecule has 0 spiro atoms. The first-order chi connectivity index (χ1) is 12.2. The van der Waals surface area contributed by atoms with Crippen LogP contribution in [0.5, 0.6) is 11.5 Å². The minimum atomic E-state index is 0.116. The van der Waals surface area contributed by atoms with Crippen molar-refractivity contribution in [3.8, 4) is 29.0 Å². The van der Waals surface area contributed by atoms with Gasteiger partial charge >= 0.3 is 0 Å². The van der Waals surface area contributed by atoms with Crippen molar-refractivity contribution < 1.29 is 14.0 Å². The summed E-state index contributed by atoms with van der Waals surface area (Å²) in [7, 11) is 0. The zero-order valence-corrected chi connectivity index (χ0v) is 14.0. The standard InChI is InChI=1S/C19H17N3O3/c1-3-23-17-10-14(11-20)7-8-16(17)24-12-18-21-19(22-25-18)15-6-4-5-13(2)9-15/h4-10H,3,12H2,1-2H3. The smallest absolute Gasteiger partial charge is 0.264 e. The van der Waals surface area contributed by atoms with E-state index in [0.29, 0.717) is 35.4 Å². The van der Waals surface area contributed by atoms with E-state index in [-0.39, 0.29) is 6.61 Å². The molecule has 0 saturated carbocycles. The van der Waals surface area contributed by atoms with Crippen LogP contribution in [0, 0.1) is 18.3 Å². The molecule has 0 bridgehead atoms. The van der Waals surface area contributed by atoms with Crippen LogP contribution in [0.3, 0.4) is 0 Å². The van der Waals surface area contributed by atoms with E-state index in [1.54, 1.807) is 18.2 Å². The maximum Gasteiger partial charge on any atom is 0.264 e. The van der Waals surface area contributed by atoms with Crippen LogP contribution >= 0.6 is 0 Å². The van der Waals surface area contributed by atoms with Gasteiger partial charge in [0.15, 0.2) is 18.1 Å². The molecule has 3 rings (SSSR count). The lowest BCUT2D eigenvalue weighted by Gasteiger charge is -2.10. The second-order valence-electron chi connectivity index (χ2n) is 5.38. The first kappa shape index (κ1) is 16.5. The molecular formula is C19H17N3O3. The summed E-state index contributed by atoms with van der Waals surface area (Å²) in [4.78, 5) is 4.35. The van der Waals surface area contributed by atoms with E-state index in [4.69, 9.17) is 19.3 Å². The van der Waals surface area contributed by atoms with Gasteiger partial charge in [0, 0.05) is 11.6 Å². The summed E-state index contributed by atoms with van der Waals surface area (Å²) in [6, 6.07) is 15.0. The molecule has 0 fully saturated rings. The van der Waals surface area contributed by atoms with Gasteiger partial charge in [-0.25, -0.2) is 0 Å². The first-order valence-corrected chi connectivity index (χ1v) is 7.89. The fourth-order valence-corrected chi connectivity index (χ4v) is 2.32. The van der Waals surface area contributed by atoms with Gasteiger partial charge in [0.05, 0.1) is 18.2 Å². The molecule has 126 valence electrons. The zero-order chi connectivity index (χ0) is 17.6. The van der Waals surface area contributed by atoms with Gasteiger partial charge in [0.2, 0.25) is 5.82 Å². The predicted molar refractivity (Wildman–Crippen MR) is 91.1 cm³/mol. The molecule has 0 radical (unpaired) electrons. The Morgan fingerprint density at radius 1 is 1.12 bits per heavy atom. The number of hydrogen-bond donors (Lipinski definition) is 0. The third-order valence-corrected chi connectivity index (χ3v) is 3.47. The molecule has 0 aliphatic heterocycles. The quantitative estimate of drug-likeness (QED) is 0.679. The number of hydrogen-bond acceptors (Lipinski definition) is 6. The Morgan fingerprint density at radius 3 is 2.76 bits per heavy atom. The second kappa shape index (κ2) is 7.49. The van der Waals surface area contributed by atoms with Crippen molar-refractivity contribution in [3.05, 3.63) is 59.5 Å². The number of aromatic nitrogens is 2. The van der Waals surface area contributed by atoms with E-state index < -0.39 is 0 Å². The van der Waals surface area contributed by atoms with Crippen molar-refractivity contribution in [2.45, 2.75) is 20.5 Å². The molecule has 0 saturated heterocycles. The third-order valence-electron chi connectivity index (χ3n) is 3.47. The first-order valence-electron chi connectivity index (χ1n) is 7.89. The summed E-state index contributed by atoms with van der Waals surface area (Å²) in [5, 5.41) is 13.0. The Balaban J connectivity index is 1.73. The van der Waals surface area contributed by atoms with Crippen molar-refractivity contribution in [3.63, 3.8) is 0 Å². The second-order valence-corrected chi connectivity index (χ2v) is 5.38. The highest BCUT2D eigenvalue weighted by Crippen LogP contribution is 2.29. The predicted octanol–water partition coefficient (Wildman–Crippen LogP) is 3.89. The number of nitrogens with zero attached hydrogens (tertiary/aromatic N) is 3. The molecule has 1 heterocycles. The Kier molecular flexibility index (Phi) is 4.95. The lowest BCUT2D eigenvalue weighted by molar-refractivity contribution is 0.228. The van der Waals surface area contributed by atoms with Crippen molar-refractivity contribution >= 4 is 0 Å². The van der Waals surface area contributed by atoms with Gasteiger partial charge in [-0.05, 0) is 32.0 Å². The van der Waals surface area contributed by atoms with Crippen LogP contribution in [0.25, 0.3) is 11.4 Å². The van der Waals surface area contributed by atoms with E-state index in [2.05, 4.69) is 16.2 Å². The highest BCUT2D eigenvalue weighted by Gasteiger charge is 2.12. The molecule has 0 aliphatic rings.